The Balaban J connectivity index is 1.75. The van der Waals surface area contributed by atoms with Crippen LogP contribution in [0.4, 0.5) is 4.79 Å². The highest BCUT2D eigenvalue weighted by molar-refractivity contribution is 5.82. The molecule has 1 fully saturated rings. The van der Waals surface area contributed by atoms with Crippen LogP contribution in [-0.4, -0.2) is 42.2 Å². The number of carbonyl (C=O) groups is 2. The summed E-state index contributed by atoms with van der Waals surface area (Å²) in [6.45, 7) is 4.27. The summed E-state index contributed by atoms with van der Waals surface area (Å²) < 4.78 is 5.47. The summed E-state index contributed by atoms with van der Waals surface area (Å²) in [5.74, 6) is -0.722. The summed E-state index contributed by atoms with van der Waals surface area (Å²) >= 11 is 0. The topological polar surface area (TPSA) is 78.9 Å². The van der Waals surface area contributed by atoms with Crippen molar-refractivity contribution >= 4 is 12.1 Å². The van der Waals surface area contributed by atoms with Gasteiger partial charge in [-0.25, -0.2) is 9.59 Å². The van der Waals surface area contributed by atoms with Gasteiger partial charge in [-0.1, -0.05) is 55.8 Å². The van der Waals surface area contributed by atoms with Crippen LogP contribution in [0.1, 0.15) is 49.8 Å². The minimum atomic E-state index is -1.17. The normalized spacial score (nSPS) is 20.7. The molecule has 2 atom stereocenters. The highest BCUT2D eigenvalue weighted by Crippen LogP contribution is 2.37. The third-order valence-corrected chi connectivity index (χ3v) is 5.99. The number of amides is 1. The first-order valence-electron chi connectivity index (χ1n) is 10.5. The molecule has 0 bridgehead atoms. The van der Waals surface area contributed by atoms with Gasteiger partial charge in [0.1, 0.15) is 5.75 Å². The number of nitrogens with one attached hydrogen (secondary N) is 1. The summed E-state index contributed by atoms with van der Waals surface area (Å²) in [4.78, 5) is 26.4. The van der Waals surface area contributed by atoms with Crippen molar-refractivity contribution in [3.05, 3.63) is 65.7 Å². The molecule has 6 nitrogen and oxygen atoms in total. The minimum absolute atomic E-state index is 0.0226. The summed E-state index contributed by atoms with van der Waals surface area (Å²) in [7, 11) is 2.15. The van der Waals surface area contributed by atoms with E-state index in [4.69, 9.17) is 4.74 Å². The molecule has 0 radical (unpaired) electrons. The summed E-state index contributed by atoms with van der Waals surface area (Å²) in [6.07, 6.45) is 3.67. The average Bonchev–Trinajstić information content (AvgIpc) is 2.94. The summed E-state index contributed by atoms with van der Waals surface area (Å²) in [5, 5.41) is 12.0. The first-order chi connectivity index (χ1) is 14.4. The van der Waals surface area contributed by atoms with Crippen molar-refractivity contribution in [2.75, 3.05) is 20.1 Å². The minimum Gasteiger partial charge on any atom is -0.479 e. The molecule has 1 aliphatic rings. The fraction of sp³-hybridized carbons (Fsp3) is 0.417. The number of benzene rings is 2. The predicted molar refractivity (Wildman–Crippen MR) is 116 cm³/mol. The lowest BCUT2D eigenvalue weighted by Gasteiger charge is -2.35. The molecule has 30 heavy (non-hydrogen) atoms. The molecule has 1 heterocycles. The quantitative estimate of drug-likeness (QED) is 0.740. The van der Waals surface area contributed by atoms with E-state index in [-0.39, 0.29) is 5.41 Å². The van der Waals surface area contributed by atoms with Crippen LogP contribution in [0.5, 0.6) is 5.75 Å². The predicted octanol–water partition coefficient (Wildman–Crippen LogP) is 4.36. The number of likely N-dealkylation sites (N-methyl/N-ethyl adjacent to an activating group) is 1. The van der Waals surface area contributed by atoms with Gasteiger partial charge in [-0.3, -0.25) is 0 Å². The Hall–Kier alpha value is -2.86. The molecule has 2 N–H and O–H groups in total. The van der Waals surface area contributed by atoms with Crippen LogP contribution >= 0.6 is 0 Å². The molecule has 2 aromatic carbocycles. The first kappa shape index (κ1) is 21.8. The van der Waals surface area contributed by atoms with Crippen molar-refractivity contribution in [2.24, 2.45) is 0 Å². The number of likely N-dealkylation sites (tertiary alicyclic amines) is 1. The second-order valence-electron chi connectivity index (χ2n) is 8.07. The Morgan fingerprint density at radius 1 is 1.17 bits per heavy atom. The highest BCUT2D eigenvalue weighted by Gasteiger charge is 2.33. The number of rotatable bonds is 6. The van der Waals surface area contributed by atoms with Crippen molar-refractivity contribution in [2.45, 2.75) is 44.1 Å². The molecule has 2 unspecified atom stereocenters. The number of hydrogen-bond acceptors (Lipinski definition) is 4. The summed E-state index contributed by atoms with van der Waals surface area (Å²) in [6, 6.07) is 15.0. The van der Waals surface area contributed by atoms with E-state index < -0.39 is 18.1 Å². The maximum absolute atomic E-state index is 12.4. The molecule has 0 spiro atoms. The maximum atomic E-state index is 12.4. The van der Waals surface area contributed by atoms with Gasteiger partial charge in [-0.15, -0.1) is 0 Å². The van der Waals surface area contributed by atoms with E-state index in [1.807, 2.05) is 12.1 Å². The van der Waals surface area contributed by atoms with Gasteiger partial charge in [0.25, 0.3) is 0 Å². The van der Waals surface area contributed by atoms with Crippen molar-refractivity contribution in [3.8, 4) is 5.75 Å². The van der Waals surface area contributed by atoms with E-state index in [0.717, 1.165) is 31.5 Å². The molecule has 0 aliphatic carbocycles. The smallest absolute Gasteiger partial charge is 0.413 e. The molecule has 2 aromatic rings. The van der Waals surface area contributed by atoms with Crippen LogP contribution < -0.4 is 10.1 Å². The zero-order chi connectivity index (χ0) is 21.6. The number of carbonyl (C=O) groups excluding carboxylic acids is 1. The number of carboxylic acids is 1. The van der Waals surface area contributed by atoms with E-state index in [1.54, 1.807) is 36.4 Å². The second kappa shape index (κ2) is 9.76. The molecular weight excluding hydrogens is 380 g/mol. The first-order valence-corrected chi connectivity index (χ1v) is 10.5. The monoisotopic (exact) mass is 410 g/mol. The van der Waals surface area contributed by atoms with Crippen molar-refractivity contribution in [1.29, 1.82) is 0 Å². The van der Waals surface area contributed by atoms with Crippen molar-refractivity contribution in [1.82, 2.24) is 10.2 Å². The highest BCUT2D eigenvalue weighted by atomic mass is 16.6. The number of nitrogens with zero attached hydrogens (tertiary/aromatic N) is 1. The average molecular weight is 411 g/mol. The Bertz CT molecular complexity index is 871. The van der Waals surface area contributed by atoms with Crippen LogP contribution in [0.25, 0.3) is 0 Å². The maximum Gasteiger partial charge on any atom is 0.413 e. The zero-order valence-electron chi connectivity index (χ0n) is 17.6. The Kier molecular flexibility index (Phi) is 7.11. The largest absolute Gasteiger partial charge is 0.479 e. The molecule has 3 rings (SSSR count). The van der Waals surface area contributed by atoms with Gasteiger partial charge in [0.15, 0.2) is 6.04 Å². The number of hydrogen-bond donors (Lipinski definition) is 2. The molecule has 1 aliphatic heterocycles. The van der Waals surface area contributed by atoms with Crippen LogP contribution in [0.3, 0.4) is 0 Å². The molecule has 0 aromatic heterocycles. The molecular formula is C24H30N2O4. The molecule has 1 saturated heterocycles. The van der Waals surface area contributed by atoms with E-state index in [1.165, 1.54) is 12.8 Å². The lowest BCUT2D eigenvalue weighted by atomic mass is 9.74. The van der Waals surface area contributed by atoms with E-state index >= 15 is 0 Å². The lowest BCUT2D eigenvalue weighted by molar-refractivity contribution is -0.139. The van der Waals surface area contributed by atoms with Crippen LogP contribution in [0.15, 0.2) is 54.6 Å². The molecule has 0 saturated carbocycles. The standard InChI is InChI=1S/C24H30N2O4/c1-3-24(14-7-8-15-26(2)17-24)19-12-9-13-20(16-19)30-23(29)25-21(22(27)28)18-10-5-4-6-11-18/h4-6,9-13,16,21H,3,7-8,14-15,17H2,1-2H3,(H,25,29)(H,27,28). The van der Waals surface area contributed by atoms with Crippen LogP contribution in [0.2, 0.25) is 0 Å². The number of carboxylic acid groups (broad SMARTS) is 1. The van der Waals surface area contributed by atoms with Gasteiger partial charge < -0.3 is 20.1 Å². The van der Waals surface area contributed by atoms with E-state index in [9.17, 15) is 14.7 Å². The molecule has 160 valence electrons. The Morgan fingerprint density at radius 3 is 2.63 bits per heavy atom. The van der Waals surface area contributed by atoms with Crippen LogP contribution in [0, 0.1) is 0 Å². The van der Waals surface area contributed by atoms with E-state index in [0.29, 0.717) is 11.3 Å². The van der Waals surface area contributed by atoms with Gasteiger partial charge in [0.05, 0.1) is 0 Å². The second-order valence-corrected chi connectivity index (χ2v) is 8.07. The van der Waals surface area contributed by atoms with Gasteiger partial charge >= 0.3 is 12.1 Å². The Morgan fingerprint density at radius 2 is 1.93 bits per heavy atom. The third-order valence-electron chi connectivity index (χ3n) is 5.99. The third kappa shape index (κ3) is 5.19. The number of ether oxygens (including phenoxy) is 1. The SMILES string of the molecule is CCC1(c2cccc(OC(=O)NC(C(=O)O)c3ccccc3)c2)CCCCN(C)C1. The van der Waals surface area contributed by atoms with Gasteiger partial charge in [0, 0.05) is 12.0 Å². The zero-order valence-corrected chi connectivity index (χ0v) is 17.6. The molecule has 6 heteroatoms. The lowest BCUT2D eigenvalue weighted by Crippen LogP contribution is -2.37. The van der Waals surface area contributed by atoms with E-state index in [2.05, 4.69) is 30.3 Å². The Labute approximate surface area is 177 Å². The van der Waals surface area contributed by atoms with Crippen LogP contribution in [-0.2, 0) is 10.2 Å². The fourth-order valence-corrected chi connectivity index (χ4v) is 4.33. The number of aliphatic carboxylic acids is 1. The summed E-state index contributed by atoms with van der Waals surface area (Å²) in [5.41, 5.74) is 1.67. The van der Waals surface area contributed by atoms with Gasteiger partial charge in [-0.05, 0) is 56.1 Å². The van der Waals surface area contributed by atoms with Gasteiger partial charge in [-0.2, -0.15) is 0 Å². The van der Waals surface area contributed by atoms with Crippen molar-refractivity contribution < 1.29 is 19.4 Å². The molecule has 1 amide bonds. The van der Waals surface area contributed by atoms with Gasteiger partial charge in [0.2, 0.25) is 0 Å². The van der Waals surface area contributed by atoms with Crippen molar-refractivity contribution in [3.63, 3.8) is 0 Å². The fourth-order valence-electron chi connectivity index (χ4n) is 4.33.